The predicted molar refractivity (Wildman–Crippen MR) is 71.8 cm³/mol. The van der Waals surface area contributed by atoms with Crippen molar-refractivity contribution < 1.29 is 20.1 Å². The summed E-state index contributed by atoms with van der Waals surface area (Å²) in [6.07, 6.45) is -0.376. The topological polar surface area (TPSA) is 77.8 Å². The zero-order valence-electron chi connectivity index (χ0n) is 9.99. The molecule has 1 aromatic carbocycles. The third kappa shape index (κ3) is 4.68. The average Bonchev–Trinajstić information content (AvgIpc) is 2.37. The van der Waals surface area contributed by atoms with Crippen molar-refractivity contribution in [2.75, 3.05) is 5.75 Å². The van der Waals surface area contributed by atoms with Gasteiger partial charge in [-0.05, 0) is 24.0 Å². The predicted octanol–water partition coefficient (Wildman–Crippen LogP) is 1.42. The van der Waals surface area contributed by atoms with E-state index in [-0.39, 0.29) is 12.2 Å². The first-order chi connectivity index (χ1) is 8.54. The van der Waals surface area contributed by atoms with Gasteiger partial charge in [0.1, 0.15) is 6.10 Å². The summed E-state index contributed by atoms with van der Waals surface area (Å²) in [5, 5.41) is 27.7. The molecule has 5 heteroatoms. The fourth-order valence-corrected chi connectivity index (χ4v) is 1.85. The summed E-state index contributed by atoms with van der Waals surface area (Å²) >= 11 is 3.93. The molecular formula is C13H18O4S. The summed E-state index contributed by atoms with van der Waals surface area (Å²) in [5.41, 5.74) is 1.66. The van der Waals surface area contributed by atoms with Gasteiger partial charge in [-0.2, -0.15) is 12.6 Å². The van der Waals surface area contributed by atoms with Gasteiger partial charge in [0.25, 0.3) is 0 Å². The first-order valence-electron chi connectivity index (χ1n) is 5.82. The number of aryl methyl sites for hydroxylation is 1. The Labute approximate surface area is 112 Å². The van der Waals surface area contributed by atoms with Crippen LogP contribution in [0.5, 0.6) is 0 Å². The SMILES string of the molecule is O=C(O)CCCc1ccc(C(O)C(O)CS)cc1. The molecule has 0 aliphatic rings. The van der Waals surface area contributed by atoms with Gasteiger partial charge >= 0.3 is 5.97 Å². The molecule has 2 unspecified atom stereocenters. The number of hydrogen-bond acceptors (Lipinski definition) is 4. The molecule has 2 atom stereocenters. The van der Waals surface area contributed by atoms with Gasteiger partial charge in [0.15, 0.2) is 0 Å². The van der Waals surface area contributed by atoms with E-state index in [2.05, 4.69) is 12.6 Å². The van der Waals surface area contributed by atoms with Crippen LogP contribution < -0.4 is 0 Å². The number of aliphatic hydroxyl groups is 2. The maximum atomic E-state index is 10.4. The minimum absolute atomic E-state index is 0.155. The molecule has 0 aromatic heterocycles. The molecule has 18 heavy (non-hydrogen) atoms. The van der Waals surface area contributed by atoms with Gasteiger partial charge in [0, 0.05) is 12.2 Å². The van der Waals surface area contributed by atoms with Gasteiger partial charge in [-0.1, -0.05) is 24.3 Å². The molecule has 0 saturated heterocycles. The number of thiol groups is 1. The van der Waals surface area contributed by atoms with Crippen LogP contribution >= 0.6 is 12.6 Å². The molecule has 0 heterocycles. The highest BCUT2D eigenvalue weighted by Gasteiger charge is 2.16. The van der Waals surface area contributed by atoms with Crippen molar-refractivity contribution in [1.82, 2.24) is 0 Å². The van der Waals surface area contributed by atoms with Crippen molar-refractivity contribution in [3.63, 3.8) is 0 Å². The van der Waals surface area contributed by atoms with Gasteiger partial charge in [-0.3, -0.25) is 4.79 Å². The van der Waals surface area contributed by atoms with Crippen LogP contribution in [0.1, 0.15) is 30.1 Å². The van der Waals surface area contributed by atoms with Crippen LogP contribution in [0.4, 0.5) is 0 Å². The van der Waals surface area contributed by atoms with E-state index in [4.69, 9.17) is 5.11 Å². The summed E-state index contributed by atoms with van der Waals surface area (Å²) in [6, 6.07) is 7.16. The Morgan fingerprint density at radius 2 is 1.83 bits per heavy atom. The largest absolute Gasteiger partial charge is 0.481 e. The van der Waals surface area contributed by atoms with E-state index in [1.165, 1.54) is 0 Å². The second kappa shape index (κ2) is 7.41. The summed E-state index contributed by atoms with van der Waals surface area (Å²) in [6.45, 7) is 0. The molecule has 0 saturated carbocycles. The zero-order chi connectivity index (χ0) is 13.5. The van der Waals surface area contributed by atoms with Crippen LogP contribution in [0.3, 0.4) is 0 Å². The number of rotatable bonds is 7. The molecular weight excluding hydrogens is 252 g/mol. The number of carbonyl (C=O) groups is 1. The third-order valence-corrected chi connectivity index (χ3v) is 3.10. The van der Waals surface area contributed by atoms with Crippen LogP contribution in [0.15, 0.2) is 24.3 Å². The fraction of sp³-hybridized carbons (Fsp3) is 0.462. The third-order valence-electron chi connectivity index (χ3n) is 2.73. The molecule has 0 aliphatic heterocycles. The van der Waals surface area contributed by atoms with Crippen molar-refractivity contribution >= 4 is 18.6 Å². The molecule has 0 bridgehead atoms. The lowest BCUT2D eigenvalue weighted by atomic mass is 10.0. The van der Waals surface area contributed by atoms with E-state index in [0.29, 0.717) is 18.4 Å². The highest BCUT2D eigenvalue weighted by atomic mass is 32.1. The van der Waals surface area contributed by atoms with Crippen LogP contribution in [0.2, 0.25) is 0 Å². The monoisotopic (exact) mass is 270 g/mol. The van der Waals surface area contributed by atoms with E-state index in [0.717, 1.165) is 5.56 Å². The summed E-state index contributed by atoms with van der Waals surface area (Å²) in [5.74, 6) is -0.597. The lowest BCUT2D eigenvalue weighted by molar-refractivity contribution is -0.137. The Hall–Kier alpha value is -1.04. The molecule has 100 valence electrons. The molecule has 1 aromatic rings. The Morgan fingerprint density at radius 3 is 2.33 bits per heavy atom. The first kappa shape index (κ1) is 15.0. The van der Waals surface area contributed by atoms with Crippen molar-refractivity contribution in [1.29, 1.82) is 0 Å². The zero-order valence-corrected chi connectivity index (χ0v) is 10.9. The van der Waals surface area contributed by atoms with Gasteiger partial charge < -0.3 is 15.3 Å². The summed E-state index contributed by atoms with van der Waals surface area (Å²) in [7, 11) is 0. The molecule has 0 amide bonds. The number of aliphatic carboxylic acids is 1. The van der Waals surface area contributed by atoms with Crippen LogP contribution in [0.25, 0.3) is 0 Å². The minimum atomic E-state index is -0.935. The molecule has 1 rings (SSSR count). The summed E-state index contributed by atoms with van der Waals surface area (Å²) < 4.78 is 0. The second-order valence-corrected chi connectivity index (χ2v) is 4.55. The molecule has 0 aliphatic carbocycles. The maximum absolute atomic E-state index is 10.4. The number of benzene rings is 1. The second-order valence-electron chi connectivity index (χ2n) is 4.18. The highest BCUT2D eigenvalue weighted by Crippen LogP contribution is 2.18. The van der Waals surface area contributed by atoms with E-state index >= 15 is 0 Å². The molecule has 0 spiro atoms. The number of aliphatic hydroxyl groups excluding tert-OH is 2. The number of hydrogen-bond donors (Lipinski definition) is 4. The normalized spacial score (nSPS) is 14.2. The van der Waals surface area contributed by atoms with E-state index in [1.807, 2.05) is 12.1 Å². The van der Waals surface area contributed by atoms with E-state index < -0.39 is 18.2 Å². The fourth-order valence-electron chi connectivity index (χ4n) is 1.65. The lowest BCUT2D eigenvalue weighted by Crippen LogP contribution is -2.19. The molecule has 3 N–H and O–H groups in total. The number of carboxylic acids is 1. The summed E-state index contributed by atoms with van der Waals surface area (Å²) in [4.78, 5) is 10.4. The Kier molecular flexibility index (Phi) is 6.18. The molecule has 0 radical (unpaired) electrons. The standard InChI is InChI=1S/C13H18O4S/c14-11(8-18)13(17)10-6-4-9(5-7-10)2-1-3-12(15)16/h4-7,11,13-14,17-18H,1-3,8H2,(H,15,16). The average molecular weight is 270 g/mol. The Bertz CT molecular complexity index is 377. The molecule has 4 nitrogen and oxygen atoms in total. The van der Waals surface area contributed by atoms with Crippen molar-refractivity contribution in [3.8, 4) is 0 Å². The van der Waals surface area contributed by atoms with Gasteiger partial charge in [-0.15, -0.1) is 0 Å². The maximum Gasteiger partial charge on any atom is 0.303 e. The number of carboxylic acid groups (broad SMARTS) is 1. The smallest absolute Gasteiger partial charge is 0.303 e. The van der Waals surface area contributed by atoms with Gasteiger partial charge in [-0.25, -0.2) is 0 Å². The minimum Gasteiger partial charge on any atom is -0.481 e. The van der Waals surface area contributed by atoms with Crippen molar-refractivity contribution in [2.45, 2.75) is 31.5 Å². The lowest BCUT2D eigenvalue weighted by Gasteiger charge is -2.16. The Balaban J connectivity index is 2.54. The van der Waals surface area contributed by atoms with E-state index in [1.54, 1.807) is 12.1 Å². The van der Waals surface area contributed by atoms with Crippen LogP contribution in [0, 0.1) is 0 Å². The quantitative estimate of drug-likeness (QED) is 0.565. The van der Waals surface area contributed by atoms with Gasteiger partial charge in [0.05, 0.1) is 6.10 Å². The highest BCUT2D eigenvalue weighted by molar-refractivity contribution is 7.80. The van der Waals surface area contributed by atoms with Gasteiger partial charge in [0.2, 0.25) is 0 Å². The van der Waals surface area contributed by atoms with Crippen LogP contribution in [-0.2, 0) is 11.2 Å². The van der Waals surface area contributed by atoms with Crippen molar-refractivity contribution in [3.05, 3.63) is 35.4 Å². The first-order valence-corrected chi connectivity index (χ1v) is 6.45. The Morgan fingerprint density at radius 1 is 1.22 bits per heavy atom. The van der Waals surface area contributed by atoms with Crippen LogP contribution in [-0.4, -0.2) is 33.1 Å². The van der Waals surface area contributed by atoms with E-state index in [9.17, 15) is 15.0 Å². The van der Waals surface area contributed by atoms with Crippen molar-refractivity contribution in [2.24, 2.45) is 0 Å². The molecule has 0 fully saturated rings.